The molecule has 0 aromatic carbocycles. The lowest BCUT2D eigenvalue weighted by atomic mass is 10.2. The summed E-state index contributed by atoms with van der Waals surface area (Å²) in [6.07, 6.45) is 4.18. The highest BCUT2D eigenvalue weighted by atomic mass is 16.3. The van der Waals surface area contributed by atoms with Crippen molar-refractivity contribution in [1.29, 1.82) is 0 Å². The number of nitrogens with zero attached hydrogens (tertiary/aromatic N) is 1. The van der Waals surface area contributed by atoms with E-state index in [0.29, 0.717) is 0 Å². The van der Waals surface area contributed by atoms with Crippen molar-refractivity contribution in [2.45, 2.75) is 26.0 Å². The maximum Gasteiger partial charge on any atom is 0.0524 e. The molecule has 3 nitrogen and oxygen atoms in total. The second-order valence-electron chi connectivity index (χ2n) is 3.18. The fourth-order valence-electron chi connectivity index (χ4n) is 1.05. The molecule has 1 aromatic rings. The van der Waals surface area contributed by atoms with E-state index in [2.05, 4.69) is 10.3 Å². The molecule has 1 rings (SSSR count). The molecule has 72 valence electrons. The van der Waals surface area contributed by atoms with Crippen LogP contribution in [0, 0.1) is 0 Å². The first-order chi connectivity index (χ1) is 6.29. The number of nitrogens with one attached hydrogen (secondary N) is 1. The summed E-state index contributed by atoms with van der Waals surface area (Å²) in [5.41, 5.74) is 1.17. The van der Waals surface area contributed by atoms with Gasteiger partial charge < -0.3 is 10.4 Å². The van der Waals surface area contributed by atoms with Gasteiger partial charge in [-0.1, -0.05) is 6.07 Å². The van der Waals surface area contributed by atoms with Crippen LogP contribution in [0.5, 0.6) is 0 Å². The monoisotopic (exact) mass is 180 g/mol. The third kappa shape index (κ3) is 4.60. The van der Waals surface area contributed by atoms with E-state index in [1.807, 2.05) is 18.3 Å². The van der Waals surface area contributed by atoms with E-state index in [0.717, 1.165) is 19.5 Å². The van der Waals surface area contributed by atoms with E-state index < -0.39 is 0 Å². The summed E-state index contributed by atoms with van der Waals surface area (Å²) in [4.78, 5) is 4.01. The zero-order chi connectivity index (χ0) is 9.52. The number of pyridine rings is 1. The van der Waals surface area contributed by atoms with Crippen molar-refractivity contribution in [3.8, 4) is 0 Å². The van der Waals surface area contributed by atoms with Gasteiger partial charge in [-0.25, -0.2) is 0 Å². The highest BCUT2D eigenvalue weighted by Gasteiger charge is 1.95. The van der Waals surface area contributed by atoms with Gasteiger partial charge >= 0.3 is 0 Å². The predicted molar refractivity (Wildman–Crippen MR) is 52.2 cm³/mol. The summed E-state index contributed by atoms with van der Waals surface area (Å²) in [7, 11) is 0. The largest absolute Gasteiger partial charge is 0.393 e. The second kappa shape index (κ2) is 5.67. The lowest BCUT2D eigenvalue weighted by molar-refractivity contribution is 0.183. The lowest BCUT2D eigenvalue weighted by Crippen LogP contribution is -2.18. The molecule has 0 amide bonds. The topological polar surface area (TPSA) is 45.1 Å². The van der Waals surface area contributed by atoms with Gasteiger partial charge in [0.05, 0.1) is 6.10 Å². The first-order valence-corrected chi connectivity index (χ1v) is 4.56. The van der Waals surface area contributed by atoms with Gasteiger partial charge in [0.1, 0.15) is 0 Å². The van der Waals surface area contributed by atoms with Crippen molar-refractivity contribution >= 4 is 0 Å². The van der Waals surface area contributed by atoms with Gasteiger partial charge in [0.2, 0.25) is 0 Å². The van der Waals surface area contributed by atoms with Crippen LogP contribution in [-0.2, 0) is 6.54 Å². The van der Waals surface area contributed by atoms with Crippen molar-refractivity contribution in [2.24, 2.45) is 0 Å². The molecule has 1 atom stereocenters. The van der Waals surface area contributed by atoms with Crippen LogP contribution < -0.4 is 5.32 Å². The van der Waals surface area contributed by atoms with Gasteiger partial charge in [-0.05, 0) is 31.5 Å². The van der Waals surface area contributed by atoms with Gasteiger partial charge in [0, 0.05) is 18.9 Å². The number of hydrogen-bond acceptors (Lipinski definition) is 3. The van der Waals surface area contributed by atoms with Crippen molar-refractivity contribution < 1.29 is 5.11 Å². The molecule has 0 fully saturated rings. The average Bonchev–Trinajstić information content (AvgIpc) is 2.14. The average molecular weight is 180 g/mol. The minimum absolute atomic E-state index is 0.221. The van der Waals surface area contributed by atoms with Gasteiger partial charge in [0.25, 0.3) is 0 Å². The highest BCUT2D eigenvalue weighted by molar-refractivity contribution is 5.07. The van der Waals surface area contributed by atoms with E-state index in [4.69, 9.17) is 5.11 Å². The van der Waals surface area contributed by atoms with Crippen LogP contribution in [0.15, 0.2) is 24.5 Å². The zero-order valence-electron chi connectivity index (χ0n) is 7.90. The third-order valence-electron chi connectivity index (χ3n) is 1.79. The number of aliphatic hydroxyl groups excluding tert-OH is 1. The van der Waals surface area contributed by atoms with Crippen LogP contribution in [0.3, 0.4) is 0 Å². The van der Waals surface area contributed by atoms with Crippen LogP contribution in [-0.4, -0.2) is 22.7 Å². The summed E-state index contributed by atoms with van der Waals surface area (Å²) in [6, 6.07) is 3.95. The summed E-state index contributed by atoms with van der Waals surface area (Å²) in [6.45, 7) is 3.46. The molecular formula is C10H16N2O. The Morgan fingerprint density at radius 3 is 3.08 bits per heavy atom. The van der Waals surface area contributed by atoms with Crippen LogP contribution in [0.1, 0.15) is 18.9 Å². The van der Waals surface area contributed by atoms with Gasteiger partial charge in [-0.3, -0.25) is 4.98 Å². The molecule has 0 aliphatic carbocycles. The first kappa shape index (κ1) is 10.2. The van der Waals surface area contributed by atoms with Gasteiger partial charge in [0.15, 0.2) is 0 Å². The molecule has 13 heavy (non-hydrogen) atoms. The minimum Gasteiger partial charge on any atom is -0.393 e. The zero-order valence-corrected chi connectivity index (χ0v) is 7.90. The molecule has 0 spiro atoms. The van der Waals surface area contributed by atoms with Crippen LogP contribution in [0.25, 0.3) is 0 Å². The quantitative estimate of drug-likeness (QED) is 0.663. The molecular weight excluding hydrogens is 164 g/mol. The molecule has 0 bridgehead atoms. The molecule has 2 N–H and O–H groups in total. The standard InChI is InChI=1S/C10H16N2O/c1-9(13)4-6-12-8-10-3-2-5-11-7-10/h2-3,5,7,9,12-13H,4,6,8H2,1H3/t9-/m1/s1. The number of aromatic nitrogens is 1. The lowest BCUT2D eigenvalue weighted by Gasteiger charge is -2.05. The summed E-state index contributed by atoms with van der Waals surface area (Å²) in [5.74, 6) is 0. The Labute approximate surface area is 78.8 Å². The third-order valence-corrected chi connectivity index (χ3v) is 1.79. The van der Waals surface area contributed by atoms with Crippen LogP contribution in [0.4, 0.5) is 0 Å². The number of aliphatic hydroxyl groups is 1. The van der Waals surface area contributed by atoms with E-state index in [1.54, 1.807) is 13.1 Å². The van der Waals surface area contributed by atoms with Crippen molar-refractivity contribution in [2.75, 3.05) is 6.54 Å². The fraction of sp³-hybridized carbons (Fsp3) is 0.500. The van der Waals surface area contributed by atoms with Crippen LogP contribution in [0.2, 0.25) is 0 Å². The number of rotatable bonds is 5. The molecule has 0 saturated carbocycles. The van der Waals surface area contributed by atoms with E-state index in [9.17, 15) is 0 Å². The predicted octanol–water partition coefficient (Wildman–Crippen LogP) is 0.942. The molecule has 0 unspecified atom stereocenters. The Morgan fingerprint density at radius 2 is 2.46 bits per heavy atom. The van der Waals surface area contributed by atoms with E-state index >= 15 is 0 Å². The van der Waals surface area contributed by atoms with Crippen molar-refractivity contribution in [1.82, 2.24) is 10.3 Å². The molecule has 1 aromatic heterocycles. The molecule has 0 radical (unpaired) electrons. The Morgan fingerprint density at radius 1 is 1.62 bits per heavy atom. The Hall–Kier alpha value is -0.930. The summed E-state index contributed by atoms with van der Waals surface area (Å²) in [5, 5.41) is 12.2. The molecule has 0 aliphatic heterocycles. The van der Waals surface area contributed by atoms with Gasteiger partial charge in [-0.2, -0.15) is 0 Å². The number of hydrogen-bond donors (Lipinski definition) is 2. The Kier molecular flexibility index (Phi) is 4.43. The highest BCUT2D eigenvalue weighted by Crippen LogP contribution is 1.94. The summed E-state index contributed by atoms with van der Waals surface area (Å²) < 4.78 is 0. The Balaban J connectivity index is 2.13. The molecule has 1 heterocycles. The SMILES string of the molecule is C[C@@H](O)CCNCc1cccnc1. The maximum atomic E-state index is 9.00. The minimum atomic E-state index is -0.221. The van der Waals surface area contributed by atoms with Crippen molar-refractivity contribution in [3.63, 3.8) is 0 Å². The van der Waals surface area contributed by atoms with Crippen LogP contribution >= 0.6 is 0 Å². The normalized spacial score (nSPS) is 12.8. The first-order valence-electron chi connectivity index (χ1n) is 4.56. The smallest absolute Gasteiger partial charge is 0.0524 e. The molecule has 3 heteroatoms. The van der Waals surface area contributed by atoms with Gasteiger partial charge in [-0.15, -0.1) is 0 Å². The van der Waals surface area contributed by atoms with E-state index in [1.165, 1.54) is 5.56 Å². The molecule has 0 saturated heterocycles. The van der Waals surface area contributed by atoms with E-state index in [-0.39, 0.29) is 6.10 Å². The maximum absolute atomic E-state index is 9.00. The second-order valence-corrected chi connectivity index (χ2v) is 3.18. The summed E-state index contributed by atoms with van der Waals surface area (Å²) >= 11 is 0. The molecule has 0 aliphatic rings. The van der Waals surface area contributed by atoms with Crippen molar-refractivity contribution in [3.05, 3.63) is 30.1 Å². The Bertz CT molecular complexity index is 224. The fourth-order valence-corrected chi connectivity index (χ4v) is 1.05.